The second kappa shape index (κ2) is 29.3. The Morgan fingerprint density at radius 2 is 1.31 bits per heavy atom. The van der Waals surface area contributed by atoms with Gasteiger partial charge in [-0.2, -0.15) is 0 Å². The van der Waals surface area contributed by atoms with Crippen LogP contribution in [0.2, 0.25) is 0 Å². The summed E-state index contributed by atoms with van der Waals surface area (Å²) in [5, 5.41) is 18.9. The summed E-state index contributed by atoms with van der Waals surface area (Å²) in [4.78, 5) is 143. The Hall–Kier alpha value is -6.89. The molecular formula is C50H71N13O10S2. The Morgan fingerprint density at radius 1 is 0.733 bits per heavy atom. The van der Waals surface area contributed by atoms with Gasteiger partial charge in [-0.3, -0.25) is 52.9 Å². The molecule has 0 radical (unpaired) electrons. The number of rotatable bonds is 17. The van der Waals surface area contributed by atoms with Crippen LogP contribution in [0.15, 0.2) is 65.7 Å². The fourth-order valence-corrected chi connectivity index (χ4v) is 12.6. The molecule has 1 aliphatic carbocycles. The standard InChI is InChI=1S/C50H71N13O10S2/c1-2-32-43(68)61-36(26-39(51)64)46(71)62-37(48(73)63-23-13-19-38(63)47(72)59-33(18-12-22-55-49(53)54)42(67)56-28-40(52)65)29-74-75-50(20-10-5-11-21-50)27-41(66)57-34(24-30-14-6-3-7-15-30)44(69)60-35(45(70)58-32)25-31-16-8-4-9-17-31/h3-4,6-9,14-17,32-38H,2,5,10-13,18-29H2,1H3,(H2,51,64)(H2,52,65)(H,56,67)(H,57,66)(H,58,70)(H,59,72)(H,60,69)(H,61,68)(H,62,71)(H4,53,54,55)/t32-,33-,34+,35-,36-,37-,38-/m0/s1. The van der Waals surface area contributed by atoms with E-state index in [2.05, 4.69) is 42.2 Å². The lowest BCUT2D eigenvalue weighted by atomic mass is 9.85. The van der Waals surface area contributed by atoms with Gasteiger partial charge in [-0.05, 0) is 56.1 Å². The molecule has 1 spiro atoms. The van der Waals surface area contributed by atoms with Gasteiger partial charge in [0.05, 0.1) is 13.0 Å². The summed E-state index contributed by atoms with van der Waals surface area (Å²) in [7, 11) is 2.60. The molecule has 408 valence electrons. The van der Waals surface area contributed by atoms with Crippen LogP contribution in [-0.2, 0) is 60.8 Å². The smallest absolute Gasteiger partial charge is 0.246 e. The zero-order valence-electron chi connectivity index (χ0n) is 42.1. The summed E-state index contributed by atoms with van der Waals surface area (Å²) >= 11 is 0. The van der Waals surface area contributed by atoms with Crippen LogP contribution in [0.3, 0.4) is 0 Å². The van der Waals surface area contributed by atoms with Gasteiger partial charge < -0.3 is 65.1 Å². The number of hydrogen-bond donors (Lipinski definition) is 11. The van der Waals surface area contributed by atoms with E-state index in [0.29, 0.717) is 24.8 Å². The highest BCUT2D eigenvalue weighted by Crippen LogP contribution is 2.48. The van der Waals surface area contributed by atoms with Crippen molar-refractivity contribution < 1.29 is 47.9 Å². The van der Waals surface area contributed by atoms with Crippen molar-refractivity contribution >= 4 is 86.6 Å². The first-order valence-electron chi connectivity index (χ1n) is 25.3. The van der Waals surface area contributed by atoms with Gasteiger partial charge in [0.25, 0.3) is 0 Å². The summed E-state index contributed by atoms with van der Waals surface area (Å²) in [5.41, 5.74) is 23.2. The quantitative estimate of drug-likeness (QED) is 0.0384. The molecular weight excluding hydrogens is 1010 g/mol. The molecule has 3 fully saturated rings. The van der Waals surface area contributed by atoms with Crippen molar-refractivity contribution in [3.63, 3.8) is 0 Å². The lowest BCUT2D eigenvalue weighted by Crippen LogP contribution is -2.61. The number of amides is 10. The fraction of sp³-hybridized carbons (Fsp3) is 0.540. The van der Waals surface area contributed by atoms with Gasteiger partial charge in [0.1, 0.15) is 42.3 Å². The summed E-state index contributed by atoms with van der Waals surface area (Å²) in [6.07, 6.45) is 3.95. The Kier molecular flexibility index (Phi) is 23.0. The molecule has 15 N–H and O–H groups in total. The number of hydrogen-bond acceptors (Lipinski definition) is 13. The highest BCUT2D eigenvalue weighted by Gasteiger charge is 2.42. The maximum Gasteiger partial charge on any atom is 0.246 e. The number of nitrogens with two attached hydrogens (primary N) is 4. The van der Waals surface area contributed by atoms with Crippen LogP contribution in [0.1, 0.15) is 95.1 Å². The molecule has 10 amide bonds. The maximum atomic E-state index is 14.9. The fourth-order valence-electron chi connectivity index (χ4n) is 9.24. The number of carbonyl (C=O) groups excluding carboxylic acids is 10. The first-order valence-corrected chi connectivity index (χ1v) is 27.6. The number of likely N-dealkylation sites (tertiary alicyclic amines) is 1. The summed E-state index contributed by atoms with van der Waals surface area (Å²) < 4.78 is -0.687. The van der Waals surface area contributed by atoms with E-state index in [1.807, 2.05) is 30.3 Å². The van der Waals surface area contributed by atoms with E-state index < -0.39 is 119 Å². The number of guanidine groups is 1. The zero-order valence-corrected chi connectivity index (χ0v) is 43.8. The van der Waals surface area contributed by atoms with Gasteiger partial charge in [-0.15, -0.1) is 0 Å². The number of aliphatic imine (C=N–C) groups is 1. The van der Waals surface area contributed by atoms with Crippen LogP contribution in [0.4, 0.5) is 0 Å². The van der Waals surface area contributed by atoms with Gasteiger partial charge in [-0.25, -0.2) is 0 Å². The monoisotopic (exact) mass is 1080 g/mol. The Balaban J connectivity index is 1.49. The lowest BCUT2D eigenvalue weighted by Gasteiger charge is -2.37. The topological polar surface area (TPSA) is 375 Å². The molecule has 2 aromatic carbocycles. The van der Waals surface area contributed by atoms with Crippen LogP contribution < -0.4 is 60.2 Å². The molecule has 0 aromatic heterocycles. The molecule has 5 rings (SSSR count). The van der Waals surface area contributed by atoms with Crippen LogP contribution in [0.5, 0.6) is 0 Å². The predicted octanol–water partition coefficient (Wildman–Crippen LogP) is -1.20. The van der Waals surface area contributed by atoms with E-state index in [-0.39, 0.29) is 69.7 Å². The highest BCUT2D eigenvalue weighted by molar-refractivity contribution is 8.77. The summed E-state index contributed by atoms with van der Waals surface area (Å²) in [6.45, 7) is 1.32. The van der Waals surface area contributed by atoms with Crippen molar-refractivity contribution in [1.82, 2.24) is 42.1 Å². The molecule has 3 aliphatic rings. The van der Waals surface area contributed by atoms with Crippen LogP contribution in [0, 0.1) is 0 Å². The third-order valence-electron chi connectivity index (χ3n) is 13.1. The average Bonchev–Trinajstić information content (AvgIpc) is 3.88. The Labute approximate surface area is 443 Å². The summed E-state index contributed by atoms with van der Waals surface area (Å²) in [6, 6.07) is 9.02. The lowest BCUT2D eigenvalue weighted by molar-refractivity contribution is -0.142. The van der Waals surface area contributed by atoms with Gasteiger partial charge in [0.15, 0.2) is 5.96 Å². The van der Waals surface area contributed by atoms with E-state index in [0.717, 1.165) is 24.8 Å². The second-order valence-electron chi connectivity index (χ2n) is 19.0. The number of primary amides is 2. The van der Waals surface area contributed by atoms with Crippen LogP contribution >= 0.6 is 21.6 Å². The third-order valence-corrected chi connectivity index (χ3v) is 16.4. The largest absolute Gasteiger partial charge is 0.370 e. The van der Waals surface area contributed by atoms with E-state index in [4.69, 9.17) is 22.9 Å². The van der Waals surface area contributed by atoms with Gasteiger partial charge in [-0.1, -0.05) is 108 Å². The molecule has 7 atom stereocenters. The SMILES string of the molecule is CC[C@@H]1NC(=O)[C@H](Cc2ccccc2)NC(=O)[C@@H](Cc2ccccc2)NC(=O)CC2(CCCCC2)SSC[C@@H](C(=O)N2CCC[C@H]2C(=O)N[C@@H](CCCN=C(N)N)C(=O)NCC(N)=O)NC(=O)[C@H](CC(N)=O)NC1=O. The number of nitrogens with one attached hydrogen (secondary N) is 7. The molecule has 23 nitrogen and oxygen atoms in total. The zero-order chi connectivity index (χ0) is 54.5. The first-order chi connectivity index (χ1) is 35.9. The first kappa shape index (κ1) is 59.0. The maximum absolute atomic E-state index is 14.9. The molecule has 2 saturated heterocycles. The molecule has 1 saturated carbocycles. The minimum atomic E-state index is -1.64. The number of nitrogens with zero attached hydrogens (tertiary/aromatic N) is 2. The van der Waals surface area contributed by atoms with Crippen LogP contribution in [-0.4, -0.2) is 142 Å². The van der Waals surface area contributed by atoms with Crippen molar-refractivity contribution in [1.29, 1.82) is 0 Å². The van der Waals surface area contributed by atoms with Crippen molar-refractivity contribution in [2.45, 2.75) is 144 Å². The molecule has 25 heteroatoms. The molecule has 0 bridgehead atoms. The predicted molar refractivity (Wildman–Crippen MR) is 283 cm³/mol. The van der Waals surface area contributed by atoms with Crippen molar-refractivity contribution in [2.75, 3.05) is 25.4 Å². The van der Waals surface area contributed by atoms with E-state index in [1.165, 1.54) is 26.5 Å². The Morgan fingerprint density at radius 3 is 1.89 bits per heavy atom. The third kappa shape index (κ3) is 18.8. The molecule has 75 heavy (non-hydrogen) atoms. The van der Waals surface area contributed by atoms with Crippen molar-refractivity contribution in [2.24, 2.45) is 27.9 Å². The van der Waals surface area contributed by atoms with Gasteiger partial charge >= 0.3 is 0 Å². The average molecular weight is 1080 g/mol. The molecule has 2 aromatic rings. The van der Waals surface area contributed by atoms with Gasteiger partial charge in [0, 0.05) is 42.9 Å². The molecule has 0 unspecified atom stereocenters. The van der Waals surface area contributed by atoms with E-state index in [9.17, 15) is 47.9 Å². The second-order valence-corrected chi connectivity index (χ2v) is 21.8. The van der Waals surface area contributed by atoms with E-state index >= 15 is 0 Å². The Bertz CT molecular complexity index is 2370. The molecule has 2 heterocycles. The van der Waals surface area contributed by atoms with Crippen molar-refractivity contribution in [3.8, 4) is 0 Å². The van der Waals surface area contributed by atoms with Crippen molar-refractivity contribution in [3.05, 3.63) is 71.8 Å². The minimum Gasteiger partial charge on any atom is -0.370 e. The minimum absolute atomic E-state index is 0.000240. The molecule has 2 aliphatic heterocycles. The van der Waals surface area contributed by atoms with E-state index in [1.54, 1.807) is 37.3 Å². The number of carbonyl (C=O) groups is 10. The van der Waals surface area contributed by atoms with Crippen LogP contribution in [0.25, 0.3) is 0 Å². The highest BCUT2D eigenvalue weighted by atomic mass is 33.1. The number of benzene rings is 2. The summed E-state index contributed by atoms with van der Waals surface area (Å²) in [5.74, 6) is -7.75. The van der Waals surface area contributed by atoms with Gasteiger partial charge in [0.2, 0.25) is 59.1 Å². The normalized spacial score (nSPS) is 23.4.